The molecule has 1 aliphatic carbocycles. The van der Waals surface area contributed by atoms with Crippen molar-refractivity contribution in [1.82, 2.24) is 0 Å². The molecule has 1 aliphatic rings. The summed E-state index contributed by atoms with van der Waals surface area (Å²) in [6, 6.07) is 3.16. The van der Waals surface area contributed by atoms with Crippen LogP contribution in [0.25, 0.3) is 0 Å². The van der Waals surface area contributed by atoms with E-state index in [0.29, 0.717) is 5.92 Å². The van der Waals surface area contributed by atoms with Crippen LogP contribution in [0.15, 0.2) is 18.2 Å². The summed E-state index contributed by atoms with van der Waals surface area (Å²) in [5.74, 6) is 0.219. The Morgan fingerprint density at radius 1 is 0.920 bits per heavy atom. The Kier molecular flexibility index (Phi) is 13.2. The number of benzene rings is 1. The Bertz CT molecular complexity index is 447. The van der Waals surface area contributed by atoms with Gasteiger partial charge in [-0.3, -0.25) is 13.5 Å². The second-order valence-electron chi connectivity index (χ2n) is 6.33. The molecule has 1 aromatic carbocycles. The van der Waals surface area contributed by atoms with E-state index < -0.39 is 11.6 Å². The van der Waals surface area contributed by atoms with Gasteiger partial charge >= 0.3 is 0 Å². The maximum atomic E-state index is 12.5. The molecule has 0 spiro atoms. The topological polar surface area (TPSA) is 9.23 Å². The number of ether oxygens (including phenoxy) is 1. The van der Waals surface area contributed by atoms with Gasteiger partial charge in [0, 0.05) is 6.07 Å². The summed E-state index contributed by atoms with van der Waals surface area (Å²) in [6.45, 7) is -0.325. The number of halogens is 5. The maximum absolute atomic E-state index is 12.5. The molecule has 0 bridgehead atoms. The second-order valence-corrected chi connectivity index (χ2v) is 6.33. The van der Waals surface area contributed by atoms with Crippen LogP contribution in [0, 0.1) is 23.5 Å². The summed E-state index contributed by atoms with van der Waals surface area (Å²) in [4.78, 5) is 0. The minimum atomic E-state index is -0.678. The first kappa shape index (κ1) is 23.7. The third-order valence-corrected chi connectivity index (χ3v) is 4.59. The van der Waals surface area contributed by atoms with Crippen molar-refractivity contribution in [3.63, 3.8) is 0 Å². The van der Waals surface area contributed by atoms with E-state index in [-0.39, 0.29) is 23.8 Å². The van der Waals surface area contributed by atoms with Crippen molar-refractivity contribution < 1.29 is 27.0 Å². The Morgan fingerprint density at radius 3 is 2.00 bits per heavy atom. The molecule has 2 rings (SSSR count). The Morgan fingerprint density at radius 2 is 1.52 bits per heavy atom. The van der Waals surface area contributed by atoms with Crippen LogP contribution in [0.4, 0.5) is 22.3 Å². The van der Waals surface area contributed by atoms with Gasteiger partial charge in [-0.05, 0) is 36.8 Å². The van der Waals surface area contributed by atoms with Gasteiger partial charge in [-0.25, -0.2) is 8.78 Å². The van der Waals surface area contributed by atoms with Gasteiger partial charge in [0.15, 0.2) is 11.6 Å². The van der Waals surface area contributed by atoms with E-state index in [9.17, 15) is 17.6 Å². The molecule has 1 saturated carbocycles. The molecule has 1 fully saturated rings. The monoisotopic (exact) mass is 368 g/mol. The van der Waals surface area contributed by atoms with Gasteiger partial charge in [0.05, 0.1) is 20.5 Å². The minimum absolute atomic E-state index is 0. The highest BCUT2D eigenvalue weighted by Gasteiger charge is 2.20. The second kappa shape index (κ2) is 13.9. The zero-order valence-corrected chi connectivity index (χ0v) is 14.8. The van der Waals surface area contributed by atoms with E-state index in [1.807, 2.05) is 0 Å². The van der Waals surface area contributed by atoms with E-state index in [2.05, 4.69) is 4.74 Å². The first-order valence-corrected chi connectivity index (χ1v) is 8.71. The molecule has 25 heavy (non-hydrogen) atoms. The highest BCUT2D eigenvalue weighted by Crippen LogP contribution is 2.33. The van der Waals surface area contributed by atoms with Crippen LogP contribution in [-0.4, -0.2) is 20.5 Å². The van der Waals surface area contributed by atoms with Crippen LogP contribution in [-0.2, 0) is 0 Å². The van der Waals surface area contributed by atoms with Gasteiger partial charge in [-0.15, -0.1) is 0 Å². The number of alkyl halides is 2. The highest BCUT2D eigenvalue weighted by molar-refractivity contribution is 5.24. The molecule has 0 saturated heterocycles. The minimum Gasteiger partial charge on any atom is -0.494 e. The summed E-state index contributed by atoms with van der Waals surface area (Å²) in [7, 11) is 1.33. The van der Waals surface area contributed by atoms with Gasteiger partial charge in [-0.2, -0.15) is 0 Å². The van der Waals surface area contributed by atoms with Crippen LogP contribution in [0.2, 0.25) is 0 Å². The van der Waals surface area contributed by atoms with E-state index in [1.54, 1.807) is 0 Å². The molecular formula is C19H29F5O. The fourth-order valence-electron chi connectivity index (χ4n) is 3.13. The van der Waals surface area contributed by atoms with Gasteiger partial charge in [-0.1, -0.05) is 38.5 Å². The summed E-state index contributed by atoms with van der Waals surface area (Å²) in [5, 5.41) is 0. The standard InChI is InChI=1S/C12H22F2.C7H6F2O.FH/c13-9-2-1-3-11-4-6-12(7-5-11)8-10-14;1-10-7-3-2-5(8)4-6(7)9;/h11-12H,1-10H2;2-4H,1H3;1H. The number of unbranched alkanes of at least 4 members (excludes halogenated alkanes) is 1. The number of methoxy groups -OCH3 is 1. The van der Waals surface area contributed by atoms with Crippen molar-refractivity contribution in [3.05, 3.63) is 29.8 Å². The van der Waals surface area contributed by atoms with Gasteiger partial charge in [0.1, 0.15) is 5.82 Å². The van der Waals surface area contributed by atoms with Crippen molar-refractivity contribution in [2.24, 2.45) is 11.8 Å². The van der Waals surface area contributed by atoms with Crippen molar-refractivity contribution >= 4 is 0 Å². The Labute approximate surface area is 147 Å². The molecule has 0 aromatic heterocycles. The SMILES string of the molecule is COc1ccc(F)cc1F.F.FCCCCC1CCC(CCF)CC1. The van der Waals surface area contributed by atoms with Crippen LogP contribution in [0.3, 0.4) is 0 Å². The lowest BCUT2D eigenvalue weighted by Crippen LogP contribution is -2.15. The summed E-state index contributed by atoms with van der Waals surface area (Å²) < 4.78 is 53.2. The molecule has 1 nitrogen and oxygen atoms in total. The third-order valence-electron chi connectivity index (χ3n) is 4.59. The van der Waals surface area contributed by atoms with E-state index in [0.717, 1.165) is 37.3 Å². The van der Waals surface area contributed by atoms with Crippen molar-refractivity contribution in [1.29, 1.82) is 0 Å². The molecule has 0 radical (unpaired) electrons. The third kappa shape index (κ3) is 9.66. The highest BCUT2D eigenvalue weighted by atomic mass is 19.1. The summed E-state index contributed by atoms with van der Waals surface area (Å²) >= 11 is 0. The molecule has 1 aromatic rings. The number of hydrogen-bond acceptors (Lipinski definition) is 1. The fraction of sp³-hybridized carbons (Fsp3) is 0.684. The summed E-state index contributed by atoms with van der Waals surface area (Å²) in [6.07, 6.45) is 8.60. The zero-order chi connectivity index (χ0) is 17.8. The van der Waals surface area contributed by atoms with Crippen LogP contribution in [0.1, 0.15) is 51.4 Å². The quantitative estimate of drug-likeness (QED) is 0.399. The average molecular weight is 368 g/mol. The molecule has 0 aliphatic heterocycles. The number of hydrogen-bond donors (Lipinski definition) is 0. The lowest BCUT2D eigenvalue weighted by atomic mass is 9.79. The molecule has 0 atom stereocenters. The van der Waals surface area contributed by atoms with Gasteiger partial charge in [0.2, 0.25) is 0 Å². The first-order valence-electron chi connectivity index (χ1n) is 8.71. The first-order chi connectivity index (χ1) is 11.6. The zero-order valence-electron chi connectivity index (χ0n) is 14.8. The van der Waals surface area contributed by atoms with Crippen molar-refractivity contribution in [2.75, 3.05) is 20.5 Å². The number of rotatable bonds is 7. The predicted molar refractivity (Wildman–Crippen MR) is 91.3 cm³/mol. The molecular weight excluding hydrogens is 339 g/mol. The molecule has 0 amide bonds. The lowest BCUT2D eigenvalue weighted by Gasteiger charge is -2.27. The van der Waals surface area contributed by atoms with Crippen molar-refractivity contribution in [3.8, 4) is 5.75 Å². The largest absolute Gasteiger partial charge is 0.494 e. The van der Waals surface area contributed by atoms with Crippen molar-refractivity contribution in [2.45, 2.75) is 51.4 Å². The fourth-order valence-corrected chi connectivity index (χ4v) is 3.13. The van der Waals surface area contributed by atoms with Crippen LogP contribution in [0.5, 0.6) is 5.75 Å². The summed E-state index contributed by atoms with van der Waals surface area (Å²) in [5.41, 5.74) is 0. The Balaban J connectivity index is 0.000000465. The molecule has 0 unspecified atom stereocenters. The van der Waals surface area contributed by atoms with Crippen LogP contribution >= 0.6 is 0 Å². The smallest absolute Gasteiger partial charge is 0.167 e. The molecule has 0 heterocycles. The van der Waals surface area contributed by atoms with E-state index in [4.69, 9.17) is 0 Å². The Hall–Kier alpha value is -1.33. The average Bonchev–Trinajstić information content (AvgIpc) is 2.58. The van der Waals surface area contributed by atoms with E-state index in [1.165, 1.54) is 45.3 Å². The lowest BCUT2D eigenvalue weighted by molar-refractivity contribution is 0.234. The molecule has 0 N–H and O–H groups in total. The van der Waals surface area contributed by atoms with Gasteiger partial charge < -0.3 is 4.74 Å². The maximum Gasteiger partial charge on any atom is 0.167 e. The predicted octanol–water partition coefficient (Wildman–Crippen LogP) is 6.42. The van der Waals surface area contributed by atoms with E-state index >= 15 is 0 Å². The molecule has 6 heteroatoms. The van der Waals surface area contributed by atoms with Crippen LogP contribution < -0.4 is 4.74 Å². The van der Waals surface area contributed by atoms with Gasteiger partial charge in [0.25, 0.3) is 0 Å². The normalized spacial score (nSPS) is 19.4. The molecule has 146 valence electrons.